The van der Waals surface area contributed by atoms with Gasteiger partial charge in [0.15, 0.2) is 0 Å². The second-order valence-corrected chi connectivity index (χ2v) is 3.61. The van der Waals surface area contributed by atoms with Gasteiger partial charge < -0.3 is 5.32 Å². The maximum absolute atomic E-state index is 12.0. The number of benzene rings is 1. The van der Waals surface area contributed by atoms with Gasteiger partial charge in [0.2, 0.25) is 0 Å². The van der Waals surface area contributed by atoms with Gasteiger partial charge >= 0.3 is 0 Å². The van der Waals surface area contributed by atoms with E-state index in [1.165, 1.54) is 0 Å². The highest BCUT2D eigenvalue weighted by Crippen LogP contribution is 2.11. The molecule has 2 nitrogen and oxygen atoms in total. The molecular formula is C14H16BNO. The van der Waals surface area contributed by atoms with Crippen LogP contribution >= 0.6 is 0 Å². The average molecular weight is 225 g/mol. The van der Waals surface area contributed by atoms with Crippen LogP contribution < -0.4 is 5.32 Å². The van der Waals surface area contributed by atoms with Gasteiger partial charge in [0.25, 0.3) is 5.91 Å². The molecule has 17 heavy (non-hydrogen) atoms. The lowest BCUT2D eigenvalue weighted by molar-refractivity contribution is -0.112. The number of carbonyl (C=O) groups excluding carboxylic acids is 1. The minimum absolute atomic E-state index is 0.102. The molecule has 0 radical (unpaired) electrons. The van der Waals surface area contributed by atoms with Crippen LogP contribution in [0.3, 0.4) is 0 Å². The lowest BCUT2D eigenvalue weighted by Gasteiger charge is -2.08. The average Bonchev–Trinajstić information content (AvgIpc) is 2.31. The molecule has 0 atom stereocenters. The molecule has 0 saturated carbocycles. The highest BCUT2D eigenvalue weighted by atomic mass is 16.1. The molecule has 1 rings (SSSR count). The Morgan fingerprint density at radius 2 is 2.00 bits per heavy atom. The molecule has 0 spiro atoms. The molecule has 0 aliphatic carbocycles. The molecule has 0 aliphatic rings. The normalized spacial score (nSPS) is 12.1. The van der Waals surface area contributed by atoms with Gasteiger partial charge in [0.05, 0.1) is 0 Å². The van der Waals surface area contributed by atoms with E-state index in [4.69, 9.17) is 0 Å². The smallest absolute Gasteiger partial charge is 0.254 e. The molecule has 86 valence electrons. The van der Waals surface area contributed by atoms with Crippen molar-refractivity contribution >= 4 is 19.4 Å². The van der Waals surface area contributed by atoms with Crippen LogP contribution in [0.2, 0.25) is 0 Å². The molecule has 0 aromatic heterocycles. The molecule has 0 saturated heterocycles. The molecule has 3 heteroatoms. The Bertz CT molecular complexity index is 460. The first-order valence-corrected chi connectivity index (χ1v) is 5.51. The first-order chi connectivity index (χ1) is 8.19. The van der Waals surface area contributed by atoms with Gasteiger partial charge in [-0.05, 0) is 19.1 Å². The van der Waals surface area contributed by atoms with Gasteiger partial charge in [-0.2, -0.15) is 0 Å². The van der Waals surface area contributed by atoms with Gasteiger partial charge in [-0.3, -0.25) is 4.79 Å². The number of hydrogen-bond acceptors (Lipinski definition) is 1. The van der Waals surface area contributed by atoms with E-state index in [9.17, 15) is 4.79 Å². The molecule has 0 heterocycles. The van der Waals surface area contributed by atoms with Crippen molar-refractivity contribution in [3.05, 3.63) is 66.2 Å². The van der Waals surface area contributed by atoms with Crippen molar-refractivity contribution in [3.63, 3.8) is 0 Å². The van der Waals surface area contributed by atoms with Gasteiger partial charge in [-0.1, -0.05) is 48.5 Å². The minimum atomic E-state index is -0.102. The number of hydrogen-bond donors (Lipinski definition) is 1. The second-order valence-electron chi connectivity index (χ2n) is 3.61. The summed E-state index contributed by atoms with van der Waals surface area (Å²) in [5, 5.41) is 2.85. The summed E-state index contributed by atoms with van der Waals surface area (Å²) >= 11 is 0. The fraction of sp³-hybridized carbons (Fsp3) is 0.0714. The Balaban J connectivity index is 2.83. The van der Waals surface area contributed by atoms with E-state index in [1.54, 1.807) is 12.2 Å². The van der Waals surface area contributed by atoms with E-state index in [0.29, 0.717) is 5.57 Å². The van der Waals surface area contributed by atoms with Crippen molar-refractivity contribution in [2.24, 2.45) is 0 Å². The SMILES string of the molecule is BC(=C/C=C)/C(=C\C)C(=O)Nc1ccccc1. The van der Waals surface area contributed by atoms with Crippen molar-refractivity contribution in [3.8, 4) is 0 Å². The third-order valence-corrected chi connectivity index (χ3v) is 2.36. The van der Waals surface area contributed by atoms with Crippen LogP contribution in [-0.2, 0) is 4.79 Å². The van der Waals surface area contributed by atoms with Crippen molar-refractivity contribution in [2.45, 2.75) is 6.92 Å². The fourth-order valence-electron chi connectivity index (χ4n) is 1.52. The van der Waals surface area contributed by atoms with E-state index >= 15 is 0 Å². The van der Waals surface area contributed by atoms with Crippen molar-refractivity contribution in [1.82, 2.24) is 0 Å². The quantitative estimate of drug-likeness (QED) is 0.475. The second kappa shape index (κ2) is 6.53. The number of para-hydroxylation sites is 1. The van der Waals surface area contributed by atoms with Gasteiger partial charge in [-0.25, -0.2) is 0 Å². The Hall–Kier alpha value is -2.03. The Morgan fingerprint density at radius 1 is 1.35 bits per heavy atom. The predicted octanol–water partition coefficient (Wildman–Crippen LogP) is 2.27. The van der Waals surface area contributed by atoms with Crippen molar-refractivity contribution in [1.29, 1.82) is 0 Å². The highest BCUT2D eigenvalue weighted by Gasteiger charge is 2.09. The molecule has 0 fully saturated rings. The molecule has 0 bridgehead atoms. The summed E-state index contributed by atoms with van der Waals surface area (Å²) in [5.41, 5.74) is 2.35. The van der Waals surface area contributed by atoms with Crippen LogP contribution in [-0.4, -0.2) is 13.8 Å². The maximum atomic E-state index is 12.0. The fourth-order valence-corrected chi connectivity index (χ4v) is 1.52. The number of allylic oxidation sites excluding steroid dienone is 3. The molecule has 1 N–H and O–H groups in total. The standard InChI is InChI=1S/C14H16BNO/c1-3-8-13(15)12(4-2)14(17)16-11-9-6-5-7-10-11/h3-10H,1,15H2,2H3,(H,16,17)/b12-4+,13-8+. The van der Waals surface area contributed by atoms with Crippen LogP contribution in [0.15, 0.2) is 66.2 Å². The van der Waals surface area contributed by atoms with E-state index in [-0.39, 0.29) is 5.91 Å². The van der Waals surface area contributed by atoms with Crippen molar-refractivity contribution < 1.29 is 4.79 Å². The lowest BCUT2D eigenvalue weighted by atomic mass is 9.87. The van der Waals surface area contributed by atoms with E-state index in [1.807, 2.05) is 51.2 Å². The number of amides is 1. The van der Waals surface area contributed by atoms with Gasteiger partial charge in [-0.15, -0.1) is 0 Å². The molecule has 1 aromatic rings. The summed E-state index contributed by atoms with van der Waals surface area (Å²) in [6.07, 6.45) is 5.29. The molecule has 1 amide bonds. The number of anilines is 1. The van der Waals surface area contributed by atoms with E-state index < -0.39 is 0 Å². The molecule has 0 aliphatic heterocycles. The summed E-state index contributed by atoms with van der Waals surface area (Å²) in [6, 6.07) is 9.40. The summed E-state index contributed by atoms with van der Waals surface area (Å²) < 4.78 is 0. The van der Waals surface area contributed by atoms with Crippen LogP contribution in [0.4, 0.5) is 5.69 Å². The van der Waals surface area contributed by atoms with Gasteiger partial charge in [0, 0.05) is 11.3 Å². The summed E-state index contributed by atoms with van der Waals surface area (Å²) in [7, 11) is 1.89. The molecule has 0 unspecified atom stereocenters. The van der Waals surface area contributed by atoms with Gasteiger partial charge in [0.1, 0.15) is 7.85 Å². The van der Waals surface area contributed by atoms with Crippen molar-refractivity contribution in [2.75, 3.05) is 5.32 Å². The number of rotatable bonds is 4. The third-order valence-electron chi connectivity index (χ3n) is 2.36. The zero-order valence-electron chi connectivity index (χ0n) is 10.2. The summed E-state index contributed by atoms with van der Waals surface area (Å²) in [4.78, 5) is 12.0. The largest absolute Gasteiger partial charge is 0.322 e. The zero-order valence-corrected chi connectivity index (χ0v) is 10.2. The number of carbonyl (C=O) groups is 1. The van der Waals surface area contributed by atoms with E-state index in [0.717, 1.165) is 11.2 Å². The summed E-state index contributed by atoms with van der Waals surface area (Å²) in [6.45, 7) is 5.47. The van der Waals surface area contributed by atoms with Crippen LogP contribution in [0.25, 0.3) is 0 Å². The highest BCUT2D eigenvalue weighted by molar-refractivity contribution is 6.30. The lowest BCUT2D eigenvalue weighted by Crippen LogP contribution is -2.15. The third kappa shape index (κ3) is 3.80. The van der Waals surface area contributed by atoms with Crippen LogP contribution in [0, 0.1) is 0 Å². The summed E-state index contributed by atoms with van der Waals surface area (Å²) in [5.74, 6) is -0.102. The van der Waals surface area contributed by atoms with Crippen LogP contribution in [0.5, 0.6) is 0 Å². The Kier molecular flexibility index (Phi) is 5.01. The number of nitrogens with one attached hydrogen (secondary N) is 1. The Labute approximate surface area is 103 Å². The predicted molar refractivity (Wildman–Crippen MR) is 75.7 cm³/mol. The monoisotopic (exact) mass is 225 g/mol. The Morgan fingerprint density at radius 3 is 2.53 bits per heavy atom. The molecule has 1 aromatic carbocycles. The maximum Gasteiger partial charge on any atom is 0.254 e. The van der Waals surface area contributed by atoms with Crippen LogP contribution in [0.1, 0.15) is 6.92 Å². The topological polar surface area (TPSA) is 29.1 Å². The zero-order chi connectivity index (χ0) is 12.7. The molecular weight excluding hydrogens is 209 g/mol. The first kappa shape index (κ1) is 13.0. The van der Waals surface area contributed by atoms with E-state index in [2.05, 4.69) is 11.9 Å². The minimum Gasteiger partial charge on any atom is -0.322 e. The first-order valence-electron chi connectivity index (χ1n) is 5.51.